The first kappa shape index (κ1) is 30.8. The highest BCUT2D eigenvalue weighted by Crippen LogP contribution is 2.68. The number of hydrogen-bond donors (Lipinski definition) is 1. The third-order valence-electron chi connectivity index (χ3n) is 8.36. The molecular formula is C31H41BrN2O5S. The second-order valence-electron chi connectivity index (χ2n) is 11.9. The number of aliphatic hydroxyl groups excluding tert-OH is 1. The second-order valence-corrected chi connectivity index (χ2v) is 14.6. The summed E-state index contributed by atoms with van der Waals surface area (Å²) in [4.78, 5) is 46.0. The predicted molar refractivity (Wildman–Crippen MR) is 162 cm³/mol. The number of allylic oxidation sites excluding steroid dienone is 1. The average molecular weight is 634 g/mol. The van der Waals surface area contributed by atoms with Crippen molar-refractivity contribution in [2.75, 3.05) is 19.8 Å². The molecule has 2 bridgehead atoms. The number of nitrogens with zero attached hydrogens (tertiary/aromatic N) is 2. The molecule has 0 saturated carbocycles. The lowest BCUT2D eigenvalue weighted by molar-refractivity contribution is -0.154. The SMILES string of the molecule is C=CCCCCOC(=O)[C@H]1[C@@H]2SC3(CC2Br)C(C(=O)N(CC=C)C(C)(C)C)N([C@H](CO)c2ccccc2)C(=O)[C@H]13. The van der Waals surface area contributed by atoms with Gasteiger partial charge in [-0.1, -0.05) is 58.4 Å². The summed E-state index contributed by atoms with van der Waals surface area (Å²) < 4.78 is 4.91. The number of rotatable bonds is 12. The number of carbonyl (C=O) groups is 3. The minimum Gasteiger partial charge on any atom is -0.465 e. The van der Waals surface area contributed by atoms with E-state index in [0.717, 1.165) is 24.8 Å². The number of amides is 2. The molecule has 1 aromatic rings. The number of alkyl halides is 1. The van der Waals surface area contributed by atoms with Crippen LogP contribution in [0.1, 0.15) is 58.1 Å². The number of benzene rings is 1. The summed E-state index contributed by atoms with van der Waals surface area (Å²) in [6, 6.07) is 7.72. The Bertz CT molecular complexity index is 1120. The van der Waals surface area contributed by atoms with Gasteiger partial charge in [-0.15, -0.1) is 24.9 Å². The quantitative estimate of drug-likeness (QED) is 0.153. The molecule has 3 aliphatic rings. The molecule has 4 rings (SSSR count). The number of likely N-dealkylation sites (tertiary alicyclic amines) is 1. The van der Waals surface area contributed by atoms with Crippen molar-refractivity contribution in [3.8, 4) is 0 Å². The van der Waals surface area contributed by atoms with Crippen LogP contribution < -0.4 is 0 Å². The van der Waals surface area contributed by atoms with E-state index in [2.05, 4.69) is 29.1 Å². The highest BCUT2D eigenvalue weighted by Gasteiger charge is 2.77. The van der Waals surface area contributed by atoms with E-state index in [4.69, 9.17) is 4.74 Å². The molecule has 1 spiro atoms. The summed E-state index contributed by atoms with van der Waals surface area (Å²) in [5, 5.41) is 10.5. The average Bonchev–Trinajstić information content (AvgIpc) is 3.51. The van der Waals surface area contributed by atoms with Crippen molar-refractivity contribution in [1.29, 1.82) is 0 Å². The molecule has 7 nitrogen and oxygen atoms in total. The van der Waals surface area contributed by atoms with Crippen molar-refractivity contribution >= 4 is 45.5 Å². The number of hydrogen-bond acceptors (Lipinski definition) is 6. The fraction of sp³-hybridized carbons (Fsp3) is 0.581. The molecule has 40 heavy (non-hydrogen) atoms. The summed E-state index contributed by atoms with van der Waals surface area (Å²) in [6.07, 6.45) is 6.54. The van der Waals surface area contributed by atoms with Crippen molar-refractivity contribution in [3.05, 3.63) is 61.2 Å². The van der Waals surface area contributed by atoms with Gasteiger partial charge in [0, 0.05) is 22.2 Å². The zero-order valence-corrected chi connectivity index (χ0v) is 26.0. The lowest BCUT2D eigenvalue weighted by Crippen LogP contribution is -2.59. The first-order chi connectivity index (χ1) is 19.0. The van der Waals surface area contributed by atoms with Gasteiger partial charge in [-0.05, 0) is 52.0 Å². The number of ether oxygens (including phenoxy) is 1. The van der Waals surface area contributed by atoms with Gasteiger partial charge in [-0.3, -0.25) is 14.4 Å². The lowest BCUT2D eigenvalue weighted by Gasteiger charge is -2.43. The van der Waals surface area contributed by atoms with E-state index >= 15 is 0 Å². The van der Waals surface area contributed by atoms with Crippen molar-refractivity contribution in [3.63, 3.8) is 0 Å². The fourth-order valence-corrected chi connectivity index (χ4v) is 10.2. The molecule has 7 atom stereocenters. The van der Waals surface area contributed by atoms with Crippen molar-refractivity contribution in [2.24, 2.45) is 11.8 Å². The molecule has 3 unspecified atom stereocenters. The van der Waals surface area contributed by atoms with Gasteiger partial charge in [0.1, 0.15) is 6.04 Å². The molecule has 1 aromatic carbocycles. The number of halogens is 1. The third-order valence-corrected chi connectivity index (χ3v) is 11.6. The maximum Gasteiger partial charge on any atom is 0.310 e. The zero-order chi connectivity index (χ0) is 29.2. The Balaban J connectivity index is 1.78. The van der Waals surface area contributed by atoms with Crippen LogP contribution in [0.15, 0.2) is 55.6 Å². The fourth-order valence-electron chi connectivity index (χ4n) is 6.61. The van der Waals surface area contributed by atoms with Gasteiger partial charge >= 0.3 is 5.97 Å². The highest BCUT2D eigenvalue weighted by molar-refractivity contribution is 9.09. The van der Waals surface area contributed by atoms with E-state index in [9.17, 15) is 19.5 Å². The standard InChI is InChI=1S/C31H41BrN2O5S/c1-6-8-9-13-17-39-29(38)23-24-27(36)34(22(19-35)20-14-11-10-12-15-20)26(31(24)18-21(32)25(23)40-31)28(37)33(16-7-2)30(3,4)5/h6-7,10-12,14-15,21-26,35H,1-2,8-9,13,16-19H2,3-5H3/t21?,22-,23-,24+,25-,26?,31?/m1/s1. The molecule has 3 aliphatic heterocycles. The number of unbranched alkanes of at least 4 members (excludes halogenated alkanes) is 2. The topological polar surface area (TPSA) is 87.2 Å². The molecule has 2 amide bonds. The first-order valence-electron chi connectivity index (χ1n) is 14.0. The van der Waals surface area contributed by atoms with Crippen LogP contribution in [0.2, 0.25) is 0 Å². The summed E-state index contributed by atoms with van der Waals surface area (Å²) in [7, 11) is 0. The molecule has 218 valence electrons. The summed E-state index contributed by atoms with van der Waals surface area (Å²) in [5.41, 5.74) is 0.213. The Morgan fingerprint density at radius 2 is 1.95 bits per heavy atom. The molecule has 3 saturated heterocycles. The van der Waals surface area contributed by atoms with E-state index in [0.29, 0.717) is 13.0 Å². The Morgan fingerprint density at radius 3 is 2.55 bits per heavy atom. The van der Waals surface area contributed by atoms with Crippen LogP contribution in [-0.4, -0.2) is 78.9 Å². The molecule has 3 fully saturated rings. The van der Waals surface area contributed by atoms with Gasteiger partial charge in [0.25, 0.3) is 0 Å². The first-order valence-corrected chi connectivity index (χ1v) is 15.8. The molecule has 0 aliphatic carbocycles. The Labute approximate surface area is 250 Å². The Kier molecular flexibility index (Phi) is 9.57. The number of carbonyl (C=O) groups excluding carboxylic acids is 3. The molecule has 3 heterocycles. The summed E-state index contributed by atoms with van der Waals surface area (Å²) in [6.45, 7) is 13.7. The minimum absolute atomic E-state index is 0.0538. The molecule has 0 aromatic heterocycles. The third kappa shape index (κ3) is 5.41. The smallest absolute Gasteiger partial charge is 0.310 e. The molecule has 9 heteroatoms. The normalized spacial score (nSPS) is 29.7. The maximum absolute atomic E-state index is 14.6. The van der Waals surface area contributed by atoms with Gasteiger partial charge in [-0.2, -0.15) is 0 Å². The second kappa shape index (κ2) is 12.4. The van der Waals surface area contributed by atoms with Gasteiger partial charge in [-0.25, -0.2) is 0 Å². The summed E-state index contributed by atoms with van der Waals surface area (Å²) in [5.74, 6) is -2.23. The van der Waals surface area contributed by atoms with Gasteiger partial charge in [0.05, 0.1) is 35.8 Å². The van der Waals surface area contributed by atoms with E-state index in [1.165, 1.54) is 0 Å². The maximum atomic E-state index is 14.6. The van der Waals surface area contributed by atoms with E-state index in [-0.39, 0.29) is 41.1 Å². The van der Waals surface area contributed by atoms with Crippen LogP contribution in [-0.2, 0) is 19.1 Å². The van der Waals surface area contributed by atoms with Crippen LogP contribution in [0.25, 0.3) is 0 Å². The predicted octanol–water partition coefficient (Wildman–Crippen LogP) is 4.90. The van der Waals surface area contributed by atoms with Crippen molar-refractivity contribution in [2.45, 2.75) is 78.9 Å². The van der Waals surface area contributed by atoms with Gasteiger partial charge < -0.3 is 19.6 Å². The van der Waals surface area contributed by atoms with Crippen LogP contribution in [0.3, 0.4) is 0 Å². The van der Waals surface area contributed by atoms with Crippen LogP contribution in [0, 0.1) is 11.8 Å². The van der Waals surface area contributed by atoms with Gasteiger partial charge in [0.2, 0.25) is 11.8 Å². The van der Waals surface area contributed by atoms with Crippen molar-refractivity contribution < 1.29 is 24.2 Å². The Morgan fingerprint density at radius 1 is 1.25 bits per heavy atom. The van der Waals surface area contributed by atoms with E-state index in [1.807, 2.05) is 57.2 Å². The molecule has 0 radical (unpaired) electrons. The lowest BCUT2D eigenvalue weighted by atomic mass is 9.71. The molecule has 1 N–H and O–H groups in total. The van der Waals surface area contributed by atoms with Crippen molar-refractivity contribution in [1.82, 2.24) is 9.80 Å². The number of fused-ring (bicyclic) bond motifs is 1. The van der Waals surface area contributed by atoms with Crippen LogP contribution >= 0.6 is 27.7 Å². The minimum atomic E-state index is -0.859. The zero-order valence-electron chi connectivity index (χ0n) is 23.6. The van der Waals surface area contributed by atoms with Crippen LogP contribution in [0.4, 0.5) is 0 Å². The van der Waals surface area contributed by atoms with Gasteiger partial charge in [0.15, 0.2) is 0 Å². The Hall–Kier alpha value is -2.10. The number of thioether (sulfide) groups is 1. The molecular weight excluding hydrogens is 592 g/mol. The monoisotopic (exact) mass is 632 g/mol. The summed E-state index contributed by atoms with van der Waals surface area (Å²) >= 11 is 5.38. The highest BCUT2D eigenvalue weighted by atomic mass is 79.9. The van der Waals surface area contributed by atoms with E-state index in [1.54, 1.807) is 27.6 Å². The number of aliphatic hydroxyl groups is 1. The number of esters is 1. The van der Waals surface area contributed by atoms with Crippen LogP contribution in [0.5, 0.6) is 0 Å². The van der Waals surface area contributed by atoms with E-state index < -0.39 is 34.2 Å². The largest absolute Gasteiger partial charge is 0.465 e.